The topological polar surface area (TPSA) is 0 Å². The van der Waals surface area contributed by atoms with Crippen molar-refractivity contribution in [2.24, 2.45) is 5.92 Å². The molecular formula is C52H72Cl2SiZr. The molecule has 4 aromatic rings. The summed E-state index contributed by atoms with van der Waals surface area (Å²) in [7, 11) is -1.68. The van der Waals surface area contributed by atoms with Crippen molar-refractivity contribution >= 4 is 46.9 Å². The van der Waals surface area contributed by atoms with Crippen LogP contribution in [0.3, 0.4) is 0 Å². The molecule has 6 rings (SSSR count). The van der Waals surface area contributed by atoms with Crippen LogP contribution < -0.4 is 9.81 Å². The Morgan fingerprint density at radius 2 is 0.982 bits per heavy atom. The van der Waals surface area contributed by atoms with Crippen LogP contribution in [-0.2, 0) is 46.4 Å². The van der Waals surface area contributed by atoms with Crippen molar-refractivity contribution < 1.29 is 18.3 Å². The molecule has 4 aromatic carbocycles. The summed E-state index contributed by atoms with van der Waals surface area (Å²) in [5.41, 5.74) is 13.1. The van der Waals surface area contributed by atoms with E-state index in [1.807, 2.05) is 0 Å². The van der Waals surface area contributed by atoms with E-state index in [1.165, 1.54) is 56.6 Å². The third-order valence-corrected chi connectivity index (χ3v) is 32.2. The molecule has 0 amide bonds. The van der Waals surface area contributed by atoms with Gasteiger partial charge >= 0.3 is 334 Å². The maximum atomic E-state index is 6.05. The van der Waals surface area contributed by atoms with Crippen LogP contribution in [-0.4, -0.2) is 12.3 Å². The summed E-state index contributed by atoms with van der Waals surface area (Å²) in [4.78, 5) is 0. The Hall–Kier alpha value is -2.09. The van der Waals surface area contributed by atoms with Gasteiger partial charge in [0.1, 0.15) is 0 Å². The Labute approximate surface area is 356 Å². The van der Waals surface area contributed by atoms with E-state index in [4.69, 9.17) is 4.21 Å². The fourth-order valence-corrected chi connectivity index (χ4v) is 29.7. The number of hydrogen-bond donors (Lipinski definition) is 0. The van der Waals surface area contributed by atoms with Crippen LogP contribution in [0.15, 0.2) is 99.0 Å². The van der Waals surface area contributed by atoms with Gasteiger partial charge in [-0.25, -0.2) is 0 Å². The van der Waals surface area contributed by atoms with Crippen LogP contribution >= 0.6 is 24.8 Å². The molecule has 2 aliphatic carbocycles. The van der Waals surface area contributed by atoms with Crippen molar-refractivity contribution in [1.82, 2.24) is 0 Å². The number of rotatable bonds is 5. The molecule has 302 valence electrons. The molecule has 4 heteroatoms. The monoisotopic (exact) mass is 884 g/mol. The van der Waals surface area contributed by atoms with Gasteiger partial charge in [0.2, 0.25) is 0 Å². The SMILES string of the molecule is Cl.Cl.[CH2]=[Zr]([C]1=C(C)C([Si](C)(C)C)=CC1C)([c]1ccc(C(C)(C)C)cc1)([c]1ccc(C(C)(C)C)cc1)[c]1cc(C(C)(C)C)cc2c1Cc1ccc(C(C)(C)C)cc1-2. The summed E-state index contributed by atoms with van der Waals surface area (Å²) in [5.74, 6) is 0.296. The molecule has 2 aliphatic rings. The van der Waals surface area contributed by atoms with Crippen molar-refractivity contribution in [2.45, 2.75) is 145 Å². The van der Waals surface area contributed by atoms with Crippen LogP contribution in [0.2, 0.25) is 19.6 Å². The Morgan fingerprint density at radius 1 is 0.571 bits per heavy atom. The number of hydrogen-bond acceptors (Lipinski definition) is 0. The Morgan fingerprint density at radius 3 is 1.38 bits per heavy atom. The molecule has 0 spiro atoms. The molecule has 0 heterocycles. The molecule has 1 unspecified atom stereocenters. The zero-order valence-corrected chi connectivity index (χ0v) is 43.0. The third kappa shape index (κ3) is 7.62. The first-order valence-electron chi connectivity index (χ1n) is 20.6. The van der Waals surface area contributed by atoms with Crippen molar-refractivity contribution in [3.8, 4) is 11.1 Å². The molecule has 0 saturated heterocycles. The second kappa shape index (κ2) is 14.9. The second-order valence-corrected chi connectivity index (χ2v) is 40.1. The Kier molecular flexibility index (Phi) is 12.4. The van der Waals surface area contributed by atoms with Crippen LogP contribution in [0.5, 0.6) is 0 Å². The van der Waals surface area contributed by atoms with Crippen molar-refractivity contribution in [2.75, 3.05) is 0 Å². The predicted octanol–water partition coefficient (Wildman–Crippen LogP) is 13.4. The van der Waals surface area contributed by atoms with E-state index in [1.54, 1.807) is 11.7 Å². The molecule has 0 bridgehead atoms. The van der Waals surface area contributed by atoms with Gasteiger partial charge in [-0.05, 0) is 0 Å². The molecule has 0 saturated carbocycles. The maximum absolute atomic E-state index is 6.05. The van der Waals surface area contributed by atoms with E-state index >= 15 is 0 Å². The number of fused-ring (bicyclic) bond motifs is 3. The van der Waals surface area contributed by atoms with E-state index in [0.717, 1.165) is 6.42 Å². The van der Waals surface area contributed by atoms with E-state index in [0.29, 0.717) is 5.92 Å². The quantitative estimate of drug-likeness (QED) is 0.154. The molecule has 0 aromatic heterocycles. The van der Waals surface area contributed by atoms with E-state index in [9.17, 15) is 0 Å². The molecule has 0 fully saturated rings. The van der Waals surface area contributed by atoms with Gasteiger partial charge in [0.05, 0.1) is 0 Å². The van der Waals surface area contributed by atoms with E-state index in [2.05, 4.69) is 202 Å². The Balaban J connectivity index is 0.00000348. The van der Waals surface area contributed by atoms with Gasteiger partial charge in [0, 0.05) is 0 Å². The average Bonchev–Trinajstić information content (AvgIpc) is 3.58. The zero-order chi connectivity index (χ0) is 40.2. The van der Waals surface area contributed by atoms with Gasteiger partial charge in [-0.1, -0.05) is 0 Å². The zero-order valence-electron chi connectivity index (χ0n) is 37.9. The summed E-state index contributed by atoms with van der Waals surface area (Å²) in [6, 6.07) is 32.5. The minimum atomic E-state index is -5.17. The fraction of sp³-hybridized carbons (Fsp3) is 0.442. The standard InChI is InChI=1S/C21H25.C10H17Si.2C10H13.CH2.2ClH.Zr/c1-20(2,3)16-9-7-14-11-15-8-10-17(21(4,5)6)13-19(15)18(14)12-16;1-8-6-9(2)10(7-8)11(3,4)5;2*1-10(2,3)9-7-5-4-6-8-9;;;;/h7,9-10,12-13H,11H2,1-6H3;7-8H,1-5H3;2*5-8H,1-3H3;1H2;2*1H;. The number of benzene rings is 4. The molecule has 0 aliphatic heterocycles. The van der Waals surface area contributed by atoms with Crippen molar-refractivity contribution in [3.63, 3.8) is 0 Å². The first-order chi connectivity index (χ1) is 24.6. The van der Waals surface area contributed by atoms with Gasteiger partial charge in [-0.2, -0.15) is 0 Å². The molecule has 0 nitrogen and oxygen atoms in total. The van der Waals surface area contributed by atoms with E-state index in [-0.39, 0.29) is 46.5 Å². The van der Waals surface area contributed by atoms with Gasteiger partial charge in [0.15, 0.2) is 0 Å². The normalized spacial score (nSPS) is 16.5. The summed E-state index contributed by atoms with van der Waals surface area (Å²) in [6.45, 7) is 40.8. The second-order valence-electron chi connectivity index (χ2n) is 22.4. The molecule has 0 N–H and O–H groups in total. The Bertz CT molecular complexity index is 2200. The summed E-state index contributed by atoms with van der Waals surface area (Å²) in [6.07, 6.45) is 3.62. The van der Waals surface area contributed by atoms with E-state index < -0.39 is 26.4 Å². The minimum absolute atomic E-state index is 0. The van der Waals surface area contributed by atoms with Gasteiger partial charge in [0.25, 0.3) is 0 Å². The third-order valence-electron chi connectivity index (χ3n) is 13.2. The molecule has 0 radical (unpaired) electrons. The fourth-order valence-electron chi connectivity index (χ4n) is 9.95. The van der Waals surface area contributed by atoms with Crippen molar-refractivity contribution in [1.29, 1.82) is 0 Å². The van der Waals surface area contributed by atoms with Crippen LogP contribution in [0.1, 0.15) is 130 Å². The van der Waals surface area contributed by atoms with Crippen LogP contribution in [0, 0.1) is 5.92 Å². The summed E-state index contributed by atoms with van der Waals surface area (Å²) in [5, 5.41) is 1.62. The van der Waals surface area contributed by atoms with Gasteiger partial charge in [-0.15, -0.1) is 24.8 Å². The molecular weight excluding hydrogens is 815 g/mol. The summed E-state index contributed by atoms with van der Waals surface area (Å²) < 4.78 is 12.2. The molecule has 1 atom stereocenters. The molecule has 56 heavy (non-hydrogen) atoms. The summed E-state index contributed by atoms with van der Waals surface area (Å²) >= 11 is -5.17. The van der Waals surface area contributed by atoms with Crippen LogP contribution in [0.4, 0.5) is 0 Å². The average molecular weight is 887 g/mol. The first kappa shape index (κ1) is 46.6. The number of halogens is 2. The van der Waals surface area contributed by atoms with Gasteiger partial charge in [-0.3, -0.25) is 0 Å². The van der Waals surface area contributed by atoms with Crippen molar-refractivity contribution in [3.05, 3.63) is 132 Å². The predicted molar refractivity (Wildman–Crippen MR) is 256 cm³/mol. The van der Waals surface area contributed by atoms with Gasteiger partial charge < -0.3 is 0 Å². The van der Waals surface area contributed by atoms with Crippen LogP contribution in [0.25, 0.3) is 11.1 Å². The first-order valence-corrected chi connectivity index (χ1v) is 30.7. The number of allylic oxidation sites excluding steroid dienone is 4.